The Morgan fingerprint density at radius 3 is 2.68 bits per heavy atom. The van der Waals surface area contributed by atoms with E-state index in [1.807, 2.05) is 6.07 Å². The van der Waals surface area contributed by atoms with Gasteiger partial charge in [-0.3, -0.25) is 0 Å². The predicted molar refractivity (Wildman–Crippen MR) is 87.4 cm³/mol. The van der Waals surface area contributed by atoms with E-state index >= 15 is 0 Å². The fraction of sp³-hybridized carbons (Fsp3) is 0.625. The van der Waals surface area contributed by atoms with Crippen molar-refractivity contribution in [1.29, 1.82) is 0 Å². The van der Waals surface area contributed by atoms with Gasteiger partial charge in [0.25, 0.3) is 10.2 Å². The van der Waals surface area contributed by atoms with Crippen molar-refractivity contribution < 1.29 is 8.42 Å². The first-order valence-corrected chi connectivity index (χ1v) is 9.54. The Bertz CT molecular complexity index is 624. The van der Waals surface area contributed by atoms with Gasteiger partial charge in [-0.15, -0.1) is 0 Å². The summed E-state index contributed by atoms with van der Waals surface area (Å²) in [6, 6.07) is 6.34. The van der Waals surface area contributed by atoms with E-state index in [2.05, 4.69) is 22.2 Å². The highest BCUT2D eigenvalue weighted by Crippen LogP contribution is 2.23. The van der Waals surface area contributed by atoms with Gasteiger partial charge in [0, 0.05) is 32.7 Å². The number of nitrogens with zero attached hydrogens (tertiary/aromatic N) is 1. The van der Waals surface area contributed by atoms with E-state index in [0.717, 1.165) is 44.3 Å². The summed E-state index contributed by atoms with van der Waals surface area (Å²) in [7, 11) is -1.71. The highest BCUT2D eigenvalue weighted by Gasteiger charge is 2.27. The largest absolute Gasteiger partial charge is 0.309 e. The molecule has 0 spiro atoms. The summed E-state index contributed by atoms with van der Waals surface area (Å²) in [5, 5.41) is 3.30. The zero-order chi connectivity index (χ0) is 15.6. The first kappa shape index (κ1) is 15.9. The van der Waals surface area contributed by atoms with Crippen LogP contribution in [0.25, 0.3) is 0 Å². The first-order valence-electron chi connectivity index (χ1n) is 8.10. The van der Waals surface area contributed by atoms with E-state index in [-0.39, 0.29) is 6.04 Å². The third kappa shape index (κ3) is 3.51. The van der Waals surface area contributed by atoms with Crippen LogP contribution in [0.2, 0.25) is 0 Å². The van der Waals surface area contributed by atoms with Crippen molar-refractivity contribution in [3.63, 3.8) is 0 Å². The second kappa shape index (κ2) is 6.66. The Morgan fingerprint density at radius 2 is 1.91 bits per heavy atom. The Morgan fingerprint density at radius 1 is 1.18 bits per heavy atom. The zero-order valence-electron chi connectivity index (χ0n) is 13.1. The van der Waals surface area contributed by atoms with Gasteiger partial charge in [-0.2, -0.15) is 17.4 Å². The SMILES string of the molecule is CN(C1CCCCC1)S(=O)(=O)NCc1ccc2c(c1)CNC2. The molecule has 122 valence electrons. The van der Waals surface area contributed by atoms with Gasteiger partial charge in [0.1, 0.15) is 0 Å². The molecule has 1 aromatic rings. The van der Waals surface area contributed by atoms with Crippen molar-refractivity contribution in [2.45, 2.75) is 57.8 Å². The van der Waals surface area contributed by atoms with E-state index in [4.69, 9.17) is 0 Å². The Labute approximate surface area is 133 Å². The summed E-state index contributed by atoms with van der Waals surface area (Å²) in [6.45, 7) is 2.14. The van der Waals surface area contributed by atoms with Crippen molar-refractivity contribution >= 4 is 10.2 Å². The second-order valence-electron chi connectivity index (χ2n) is 6.34. The third-order valence-corrected chi connectivity index (χ3v) is 6.39. The van der Waals surface area contributed by atoms with Crippen LogP contribution in [0.15, 0.2) is 18.2 Å². The van der Waals surface area contributed by atoms with Gasteiger partial charge in [0.05, 0.1) is 0 Å². The molecule has 3 rings (SSSR count). The van der Waals surface area contributed by atoms with Gasteiger partial charge in [0.15, 0.2) is 0 Å². The molecule has 1 fully saturated rings. The number of benzene rings is 1. The monoisotopic (exact) mass is 323 g/mol. The van der Waals surface area contributed by atoms with Gasteiger partial charge in [-0.25, -0.2) is 0 Å². The molecule has 1 heterocycles. The highest BCUT2D eigenvalue weighted by molar-refractivity contribution is 7.87. The van der Waals surface area contributed by atoms with Crippen LogP contribution in [-0.2, 0) is 29.8 Å². The van der Waals surface area contributed by atoms with Crippen LogP contribution in [0.3, 0.4) is 0 Å². The minimum Gasteiger partial charge on any atom is -0.309 e. The van der Waals surface area contributed by atoms with Crippen LogP contribution >= 0.6 is 0 Å². The van der Waals surface area contributed by atoms with Crippen LogP contribution in [0.4, 0.5) is 0 Å². The molecule has 0 amide bonds. The van der Waals surface area contributed by atoms with Gasteiger partial charge in [-0.1, -0.05) is 37.5 Å². The molecule has 1 aromatic carbocycles. The molecule has 0 saturated heterocycles. The van der Waals surface area contributed by atoms with Crippen LogP contribution in [-0.4, -0.2) is 25.8 Å². The summed E-state index contributed by atoms with van der Waals surface area (Å²) in [6.07, 6.45) is 5.43. The van der Waals surface area contributed by atoms with Gasteiger partial charge >= 0.3 is 0 Å². The third-order valence-electron chi connectivity index (χ3n) is 4.83. The fourth-order valence-corrected chi connectivity index (χ4v) is 4.53. The van der Waals surface area contributed by atoms with Crippen molar-refractivity contribution in [3.05, 3.63) is 34.9 Å². The maximum absolute atomic E-state index is 12.4. The highest BCUT2D eigenvalue weighted by atomic mass is 32.2. The molecule has 5 nitrogen and oxygen atoms in total. The number of nitrogens with one attached hydrogen (secondary N) is 2. The molecule has 1 saturated carbocycles. The molecule has 1 aliphatic heterocycles. The van der Waals surface area contributed by atoms with Crippen molar-refractivity contribution in [2.75, 3.05) is 7.05 Å². The quantitative estimate of drug-likeness (QED) is 0.870. The molecule has 0 aromatic heterocycles. The van der Waals surface area contributed by atoms with Crippen molar-refractivity contribution in [1.82, 2.24) is 14.3 Å². The maximum Gasteiger partial charge on any atom is 0.279 e. The topological polar surface area (TPSA) is 61.4 Å². The Hall–Kier alpha value is -0.950. The molecule has 22 heavy (non-hydrogen) atoms. The van der Waals surface area contributed by atoms with E-state index in [1.54, 1.807) is 7.05 Å². The second-order valence-corrected chi connectivity index (χ2v) is 8.16. The zero-order valence-corrected chi connectivity index (χ0v) is 14.0. The fourth-order valence-electron chi connectivity index (χ4n) is 3.38. The summed E-state index contributed by atoms with van der Waals surface area (Å²) in [4.78, 5) is 0. The number of fused-ring (bicyclic) bond motifs is 1. The maximum atomic E-state index is 12.4. The van der Waals surface area contributed by atoms with Crippen LogP contribution in [0.1, 0.15) is 48.8 Å². The molecular formula is C16H25N3O2S. The smallest absolute Gasteiger partial charge is 0.279 e. The Balaban J connectivity index is 1.61. The standard InChI is InChI=1S/C16H25N3O2S/c1-19(16-5-3-2-4-6-16)22(20,21)18-10-13-7-8-14-11-17-12-15(14)9-13/h7-9,16-18H,2-6,10-12H2,1H3. The van der Waals surface area contributed by atoms with E-state index < -0.39 is 10.2 Å². The molecule has 0 radical (unpaired) electrons. The number of hydrogen-bond acceptors (Lipinski definition) is 3. The van der Waals surface area contributed by atoms with Crippen LogP contribution in [0.5, 0.6) is 0 Å². The molecule has 0 unspecified atom stereocenters. The van der Waals surface area contributed by atoms with Crippen molar-refractivity contribution in [2.24, 2.45) is 0 Å². The molecular weight excluding hydrogens is 298 g/mol. The summed E-state index contributed by atoms with van der Waals surface area (Å²) < 4.78 is 29.1. The van der Waals surface area contributed by atoms with Gasteiger partial charge in [0.2, 0.25) is 0 Å². The van der Waals surface area contributed by atoms with Crippen LogP contribution in [0, 0.1) is 0 Å². The summed E-state index contributed by atoms with van der Waals surface area (Å²) in [5.41, 5.74) is 3.60. The molecule has 2 aliphatic rings. The lowest BCUT2D eigenvalue weighted by molar-refractivity contribution is 0.283. The van der Waals surface area contributed by atoms with Crippen LogP contribution < -0.4 is 10.0 Å². The predicted octanol–water partition coefficient (Wildman–Crippen LogP) is 1.89. The summed E-state index contributed by atoms with van der Waals surface area (Å²) >= 11 is 0. The van der Waals surface area contributed by atoms with E-state index in [9.17, 15) is 8.42 Å². The average Bonchev–Trinajstić information content (AvgIpc) is 3.01. The van der Waals surface area contributed by atoms with Gasteiger partial charge < -0.3 is 5.32 Å². The molecule has 2 N–H and O–H groups in total. The molecule has 0 atom stereocenters. The normalized spacial score (nSPS) is 19.5. The van der Waals surface area contributed by atoms with E-state index in [1.165, 1.54) is 21.9 Å². The lowest BCUT2D eigenvalue weighted by atomic mass is 9.96. The Kier molecular flexibility index (Phi) is 4.82. The van der Waals surface area contributed by atoms with Gasteiger partial charge in [-0.05, 0) is 29.5 Å². The first-order chi connectivity index (χ1) is 10.6. The number of rotatable bonds is 5. The number of hydrogen-bond donors (Lipinski definition) is 2. The minimum atomic E-state index is -3.40. The summed E-state index contributed by atoms with van der Waals surface area (Å²) in [5.74, 6) is 0. The molecule has 0 bridgehead atoms. The van der Waals surface area contributed by atoms with Crippen molar-refractivity contribution in [3.8, 4) is 0 Å². The lowest BCUT2D eigenvalue weighted by Gasteiger charge is -2.30. The molecule has 6 heteroatoms. The molecule has 1 aliphatic carbocycles. The minimum absolute atomic E-state index is 0.149. The average molecular weight is 323 g/mol. The lowest BCUT2D eigenvalue weighted by Crippen LogP contribution is -2.44. The van der Waals surface area contributed by atoms with E-state index in [0.29, 0.717) is 6.54 Å².